The molecule has 0 aromatic heterocycles. The Morgan fingerprint density at radius 2 is 1.83 bits per heavy atom. The van der Waals surface area contributed by atoms with Crippen molar-refractivity contribution >= 4 is 34.3 Å². The maximum absolute atomic E-state index is 12.1. The summed E-state index contributed by atoms with van der Waals surface area (Å²) in [4.78, 5) is 25.2. The van der Waals surface area contributed by atoms with Crippen molar-refractivity contribution in [3.05, 3.63) is 41.4 Å². The van der Waals surface area contributed by atoms with E-state index in [1.54, 1.807) is 19.9 Å². The average Bonchev–Trinajstić information content (AvgIpc) is 2.74. The van der Waals surface area contributed by atoms with Gasteiger partial charge in [-0.2, -0.15) is 0 Å². The number of fused-ring (bicyclic) bond motifs is 1. The lowest BCUT2D eigenvalue weighted by molar-refractivity contribution is -0.130. The summed E-state index contributed by atoms with van der Waals surface area (Å²) in [5.74, 6) is 0.539. The van der Waals surface area contributed by atoms with Gasteiger partial charge in [-0.3, -0.25) is 9.69 Å². The van der Waals surface area contributed by atoms with Gasteiger partial charge in [-0.1, -0.05) is 35.9 Å². The highest BCUT2D eigenvalue weighted by Crippen LogP contribution is 2.31. The van der Waals surface area contributed by atoms with Crippen molar-refractivity contribution < 1.29 is 14.3 Å². The Bertz CT molecular complexity index is 804. The minimum atomic E-state index is -0.829. The number of benzene rings is 2. The smallest absolute Gasteiger partial charge is 0.325 e. The lowest BCUT2D eigenvalue weighted by Crippen LogP contribution is -2.40. The fourth-order valence-corrected chi connectivity index (χ4v) is 3.01. The Balaban J connectivity index is 1.61. The molecule has 0 saturated carbocycles. The van der Waals surface area contributed by atoms with Gasteiger partial charge < -0.3 is 10.1 Å². The molecule has 5 nitrogen and oxygen atoms in total. The Hall–Kier alpha value is -2.27. The van der Waals surface area contributed by atoms with Crippen LogP contribution in [0.15, 0.2) is 36.4 Å². The molecule has 24 heavy (non-hydrogen) atoms. The number of urea groups is 1. The van der Waals surface area contributed by atoms with E-state index in [1.165, 1.54) is 4.90 Å². The Kier molecular flexibility index (Phi) is 4.37. The standard InChI is InChI=1S/C18H19ClN2O3/c1-18(2)16(22)21(17(23)20-18)10-5-11-24-15-9-8-14(19)12-6-3-4-7-13(12)15/h3-4,6-9H,5,10-11H2,1-2H3,(H,20,23). The van der Waals surface area contributed by atoms with Crippen LogP contribution < -0.4 is 10.1 Å². The first-order valence-electron chi connectivity index (χ1n) is 7.84. The molecule has 3 rings (SSSR count). The van der Waals surface area contributed by atoms with Crippen LogP contribution in [0.3, 0.4) is 0 Å². The summed E-state index contributed by atoms with van der Waals surface area (Å²) in [7, 11) is 0. The first-order valence-corrected chi connectivity index (χ1v) is 8.22. The number of halogens is 1. The van der Waals surface area contributed by atoms with E-state index in [0.29, 0.717) is 24.6 Å². The van der Waals surface area contributed by atoms with Crippen molar-refractivity contribution in [2.45, 2.75) is 25.8 Å². The van der Waals surface area contributed by atoms with Crippen LogP contribution in [0, 0.1) is 0 Å². The molecular weight excluding hydrogens is 328 g/mol. The van der Waals surface area contributed by atoms with Gasteiger partial charge in [0.25, 0.3) is 5.91 Å². The number of hydrogen-bond donors (Lipinski definition) is 1. The lowest BCUT2D eigenvalue weighted by atomic mass is 10.1. The van der Waals surface area contributed by atoms with Crippen molar-refractivity contribution in [3.63, 3.8) is 0 Å². The molecule has 1 heterocycles. The maximum Gasteiger partial charge on any atom is 0.325 e. The molecule has 1 saturated heterocycles. The molecule has 0 aliphatic carbocycles. The van der Waals surface area contributed by atoms with Crippen LogP contribution in [0.4, 0.5) is 4.79 Å². The first-order chi connectivity index (χ1) is 11.4. The summed E-state index contributed by atoms with van der Waals surface area (Å²) in [5.41, 5.74) is -0.829. The molecule has 2 aromatic rings. The van der Waals surface area contributed by atoms with E-state index in [2.05, 4.69) is 5.32 Å². The molecule has 1 aliphatic rings. The summed E-state index contributed by atoms with van der Waals surface area (Å²) in [6.45, 7) is 4.13. The van der Waals surface area contributed by atoms with E-state index >= 15 is 0 Å². The second kappa shape index (κ2) is 6.32. The Morgan fingerprint density at radius 3 is 2.50 bits per heavy atom. The third-order valence-electron chi connectivity index (χ3n) is 4.06. The van der Waals surface area contributed by atoms with Gasteiger partial charge in [-0.05, 0) is 32.4 Å². The summed E-state index contributed by atoms with van der Waals surface area (Å²) in [6.07, 6.45) is 0.562. The van der Waals surface area contributed by atoms with Gasteiger partial charge in [0, 0.05) is 22.3 Å². The van der Waals surface area contributed by atoms with Gasteiger partial charge in [-0.25, -0.2) is 4.79 Å². The molecule has 0 bridgehead atoms. The van der Waals surface area contributed by atoms with Crippen molar-refractivity contribution in [1.82, 2.24) is 10.2 Å². The largest absolute Gasteiger partial charge is 0.493 e. The molecule has 0 radical (unpaired) electrons. The van der Waals surface area contributed by atoms with Crippen molar-refractivity contribution in [2.75, 3.05) is 13.2 Å². The van der Waals surface area contributed by atoms with E-state index in [-0.39, 0.29) is 11.9 Å². The van der Waals surface area contributed by atoms with E-state index < -0.39 is 5.54 Å². The fraction of sp³-hybridized carbons (Fsp3) is 0.333. The predicted octanol–water partition coefficient (Wildman–Crippen LogP) is 3.59. The molecular formula is C18H19ClN2O3. The van der Waals surface area contributed by atoms with Gasteiger partial charge in [-0.15, -0.1) is 0 Å². The molecule has 0 atom stereocenters. The molecule has 6 heteroatoms. The summed E-state index contributed by atoms with van der Waals surface area (Å²) in [5, 5.41) is 5.23. The normalized spacial score (nSPS) is 16.5. The van der Waals surface area contributed by atoms with Crippen LogP contribution in [-0.4, -0.2) is 35.5 Å². The van der Waals surface area contributed by atoms with E-state index in [1.807, 2.05) is 30.3 Å². The number of hydrogen-bond acceptors (Lipinski definition) is 3. The third kappa shape index (κ3) is 3.04. The van der Waals surface area contributed by atoms with Crippen molar-refractivity contribution in [2.24, 2.45) is 0 Å². The van der Waals surface area contributed by atoms with Crippen LogP contribution in [-0.2, 0) is 4.79 Å². The van der Waals surface area contributed by atoms with Crippen molar-refractivity contribution in [3.8, 4) is 5.75 Å². The van der Waals surface area contributed by atoms with Crippen LogP contribution in [0.2, 0.25) is 5.02 Å². The number of rotatable bonds is 5. The quantitative estimate of drug-likeness (QED) is 0.664. The van der Waals surface area contributed by atoms with Gasteiger partial charge in [0.05, 0.1) is 6.61 Å². The van der Waals surface area contributed by atoms with Crippen LogP contribution in [0.1, 0.15) is 20.3 Å². The minimum absolute atomic E-state index is 0.204. The topological polar surface area (TPSA) is 58.6 Å². The number of nitrogens with one attached hydrogen (secondary N) is 1. The van der Waals surface area contributed by atoms with Crippen LogP contribution in [0.5, 0.6) is 5.75 Å². The monoisotopic (exact) mass is 346 g/mol. The Morgan fingerprint density at radius 1 is 1.12 bits per heavy atom. The number of amides is 3. The number of carbonyl (C=O) groups is 2. The molecule has 0 unspecified atom stereocenters. The maximum atomic E-state index is 12.1. The Labute approximate surface area is 145 Å². The number of carbonyl (C=O) groups excluding carboxylic acids is 2. The highest BCUT2D eigenvalue weighted by Gasteiger charge is 2.43. The van der Waals surface area contributed by atoms with Gasteiger partial charge in [0.15, 0.2) is 0 Å². The molecule has 1 fully saturated rings. The van der Waals surface area contributed by atoms with Gasteiger partial charge in [0.2, 0.25) is 0 Å². The number of ether oxygens (including phenoxy) is 1. The van der Waals surface area contributed by atoms with Gasteiger partial charge >= 0.3 is 6.03 Å². The lowest BCUT2D eigenvalue weighted by Gasteiger charge is -2.16. The van der Waals surface area contributed by atoms with Crippen LogP contribution in [0.25, 0.3) is 10.8 Å². The number of nitrogens with zero attached hydrogens (tertiary/aromatic N) is 1. The number of imide groups is 1. The van der Waals surface area contributed by atoms with E-state index in [9.17, 15) is 9.59 Å². The third-order valence-corrected chi connectivity index (χ3v) is 4.39. The zero-order valence-electron chi connectivity index (χ0n) is 13.6. The second-order valence-electron chi connectivity index (χ2n) is 6.31. The highest BCUT2D eigenvalue weighted by atomic mass is 35.5. The molecule has 126 valence electrons. The summed E-state index contributed by atoms with van der Waals surface area (Å²) < 4.78 is 5.83. The molecule has 1 aliphatic heterocycles. The summed E-state index contributed by atoms with van der Waals surface area (Å²) >= 11 is 6.19. The molecule has 3 amide bonds. The zero-order chi connectivity index (χ0) is 17.3. The zero-order valence-corrected chi connectivity index (χ0v) is 14.4. The average molecular weight is 347 g/mol. The second-order valence-corrected chi connectivity index (χ2v) is 6.71. The summed E-state index contributed by atoms with van der Waals surface area (Å²) in [6, 6.07) is 11.1. The first kappa shape index (κ1) is 16.6. The van der Waals surface area contributed by atoms with Crippen molar-refractivity contribution in [1.29, 1.82) is 0 Å². The van der Waals surface area contributed by atoms with E-state index in [0.717, 1.165) is 16.5 Å². The van der Waals surface area contributed by atoms with Crippen LogP contribution >= 0.6 is 11.6 Å². The highest BCUT2D eigenvalue weighted by molar-refractivity contribution is 6.35. The van der Waals surface area contributed by atoms with Gasteiger partial charge in [0.1, 0.15) is 11.3 Å². The fourth-order valence-electron chi connectivity index (χ4n) is 2.79. The molecule has 0 spiro atoms. The molecule has 1 N–H and O–H groups in total. The van der Waals surface area contributed by atoms with E-state index in [4.69, 9.17) is 16.3 Å². The molecule has 2 aromatic carbocycles. The SMILES string of the molecule is CC1(C)NC(=O)N(CCCOc2ccc(Cl)c3ccccc23)C1=O. The minimum Gasteiger partial charge on any atom is -0.493 e. The predicted molar refractivity (Wildman–Crippen MR) is 93.4 cm³/mol.